The molecule has 25 heavy (non-hydrogen) atoms. The molecular formula is C19H20N2O4. The third-order valence-corrected chi connectivity index (χ3v) is 4.10. The number of ether oxygens (including phenoxy) is 2. The summed E-state index contributed by atoms with van der Waals surface area (Å²) >= 11 is 0. The molecule has 1 amide bonds. The van der Waals surface area contributed by atoms with Gasteiger partial charge in [0.2, 0.25) is 5.60 Å². The lowest BCUT2D eigenvalue weighted by atomic mass is 9.95. The number of amides is 1. The van der Waals surface area contributed by atoms with Crippen molar-refractivity contribution in [2.45, 2.75) is 18.9 Å². The Kier molecular flexibility index (Phi) is 4.61. The first-order valence-corrected chi connectivity index (χ1v) is 7.89. The largest absolute Gasteiger partial charge is 0.497 e. The number of nitrogens with one attached hydrogen (secondary N) is 1. The molecule has 0 radical (unpaired) electrons. The Morgan fingerprint density at radius 1 is 1.16 bits per heavy atom. The first kappa shape index (κ1) is 16.8. The maximum absolute atomic E-state index is 12.8. The van der Waals surface area contributed by atoms with Crippen LogP contribution in [0.3, 0.4) is 0 Å². The molecule has 6 heteroatoms. The molecule has 0 saturated heterocycles. The summed E-state index contributed by atoms with van der Waals surface area (Å²) in [4.78, 5) is 18.3. The maximum Gasteiger partial charge on any atom is 0.271 e. The second-order valence-corrected chi connectivity index (χ2v) is 5.92. The lowest BCUT2D eigenvalue weighted by Crippen LogP contribution is -2.40. The summed E-state index contributed by atoms with van der Waals surface area (Å²) in [6.07, 6.45) is 0.384. The van der Waals surface area contributed by atoms with Crippen LogP contribution in [-0.2, 0) is 9.63 Å². The first-order chi connectivity index (χ1) is 12.1. The van der Waals surface area contributed by atoms with Gasteiger partial charge in [0.05, 0.1) is 25.6 Å². The lowest BCUT2D eigenvalue weighted by Gasteiger charge is -2.21. The SMILES string of the molecule is COc1ccc(OC)c(NC(=O)C2(C)CC(c3ccccc3)=NO2)c1. The van der Waals surface area contributed by atoms with Gasteiger partial charge < -0.3 is 19.6 Å². The van der Waals surface area contributed by atoms with Crippen LogP contribution in [0.1, 0.15) is 18.9 Å². The topological polar surface area (TPSA) is 69.2 Å². The van der Waals surface area contributed by atoms with Crippen LogP contribution in [0, 0.1) is 0 Å². The number of benzene rings is 2. The van der Waals surface area contributed by atoms with Gasteiger partial charge in [0, 0.05) is 12.5 Å². The van der Waals surface area contributed by atoms with Crippen molar-refractivity contribution in [3.8, 4) is 11.5 Å². The van der Waals surface area contributed by atoms with Crippen molar-refractivity contribution in [3.05, 3.63) is 54.1 Å². The van der Waals surface area contributed by atoms with Crippen LogP contribution in [0.2, 0.25) is 0 Å². The fourth-order valence-corrected chi connectivity index (χ4v) is 2.61. The molecule has 1 atom stereocenters. The van der Waals surface area contributed by atoms with Crippen molar-refractivity contribution >= 4 is 17.3 Å². The summed E-state index contributed by atoms with van der Waals surface area (Å²) < 4.78 is 10.5. The second kappa shape index (κ2) is 6.84. The van der Waals surface area contributed by atoms with Gasteiger partial charge >= 0.3 is 0 Å². The zero-order valence-electron chi connectivity index (χ0n) is 14.4. The van der Waals surface area contributed by atoms with E-state index in [-0.39, 0.29) is 5.91 Å². The smallest absolute Gasteiger partial charge is 0.271 e. The highest BCUT2D eigenvalue weighted by Crippen LogP contribution is 2.32. The highest BCUT2D eigenvalue weighted by Gasteiger charge is 2.42. The third kappa shape index (κ3) is 3.42. The fourth-order valence-electron chi connectivity index (χ4n) is 2.61. The van der Waals surface area contributed by atoms with Crippen molar-refractivity contribution in [2.75, 3.05) is 19.5 Å². The summed E-state index contributed by atoms with van der Waals surface area (Å²) in [5.41, 5.74) is 1.12. The standard InChI is InChI=1S/C19H20N2O4/c1-19(12-16(21-25-19)13-7-5-4-6-8-13)18(22)20-15-11-14(23-2)9-10-17(15)24-3/h4-11H,12H2,1-3H3,(H,20,22). The zero-order valence-corrected chi connectivity index (χ0v) is 14.4. The highest BCUT2D eigenvalue weighted by molar-refractivity contribution is 6.08. The molecule has 6 nitrogen and oxygen atoms in total. The van der Waals surface area contributed by atoms with Gasteiger partial charge in [0.15, 0.2) is 0 Å². The highest BCUT2D eigenvalue weighted by atomic mass is 16.7. The number of methoxy groups -OCH3 is 2. The van der Waals surface area contributed by atoms with E-state index in [1.54, 1.807) is 39.3 Å². The van der Waals surface area contributed by atoms with Gasteiger partial charge in [0.25, 0.3) is 5.91 Å². The molecule has 1 aliphatic heterocycles. The van der Waals surface area contributed by atoms with Crippen LogP contribution < -0.4 is 14.8 Å². The quantitative estimate of drug-likeness (QED) is 0.907. The number of carbonyl (C=O) groups excluding carboxylic acids is 1. The number of oxime groups is 1. The molecular weight excluding hydrogens is 320 g/mol. The number of hydrogen-bond donors (Lipinski definition) is 1. The molecule has 0 aromatic heterocycles. The van der Waals surface area contributed by atoms with E-state index < -0.39 is 5.60 Å². The number of hydrogen-bond acceptors (Lipinski definition) is 5. The Morgan fingerprint density at radius 2 is 1.92 bits per heavy atom. The van der Waals surface area contributed by atoms with Gasteiger partial charge in [-0.2, -0.15) is 0 Å². The van der Waals surface area contributed by atoms with Crippen LogP contribution in [0.5, 0.6) is 11.5 Å². The number of carbonyl (C=O) groups is 1. The van der Waals surface area contributed by atoms with E-state index in [2.05, 4.69) is 10.5 Å². The third-order valence-electron chi connectivity index (χ3n) is 4.10. The Bertz CT molecular complexity index is 804. The van der Waals surface area contributed by atoms with Gasteiger partial charge in [-0.25, -0.2) is 0 Å². The predicted octanol–water partition coefficient (Wildman–Crippen LogP) is 3.23. The molecule has 0 spiro atoms. The Labute approximate surface area is 146 Å². The number of nitrogens with zero attached hydrogens (tertiary/aromatic N) is 1. The summed E-state index contributed by atoms with van der Waals surface area (Å²) in [5.74, 6) is 0.864. The molecule has 0 bridgehead atoms. The van der Waals surface area contributed by atoms with E-state index in [9.17, 15) is 4.79 Å². The second-order valence-electron chi connectivity index (χ2n) is 5.92. The maximum atomic E-state index is 12.8. The molecule has 130 valence electrons. The Balaban J connectivity index is 1.76. The van der Waals surface area contributed by atoms with E-state index in [4.69, 9.17) is 14.3 Å². The molecule has 2 aromatic rings. The van der Waals surface area contributed by atoms with Crippen molar-refractivity contribution < 1.29 is 19.1 Å². The van der Waals surface area contributed by atoms with E-state index in [1.807, 2.05) is 30.3 Å². The van der Waals surface area contributed by atoms with Crippen LogP contribution in [-0.4, -0.2) is 31.4 Å². The molecule has 0 fully saturated rings. The molecule has 2 aromatic carbocycles. The summed E-state index contributed by atoms with van der Waals surface area (Å²) in [6.45, 7) is 1.72. The van der Waals surface area contributed by atoms with Crippen LogP contribution in [0.25, 0.3) is 0 Å². The normalized spacial score (nSPS) is 18.9. The molecule has 1 unspecified atom stereocenters. The Morgan fingerprint density at radius 3 is 2.60 bits per heavy atom. The summed E-state index contributed by atoms with van der Waals surface area (Å²) in [7, 11) is 3.11. The van der Waals surface area contributed by atoms with Crippen molar-refractivity contribution in [1.29, 1.82) is 0 Å². The summed E-state index contributed by atoms with van der Waals surface area (Å²) in [5, 5.41) is 6.95. The molecule has 3 rings (SSSR count). The molecule has 0 aliphatic carbocycles. The van der Waals surface area contributed by atoms with Crippen molar-refractivity contribution in [2.24, 2.45) is 5.16 Å². The van der Waals surface area contributed by atoms with Gasteiger partial charge in [-0.1, -0.05) is 35.5 Å². The van der Waals surface area contributed by atoms with Crippen LogP contribution in [0.15, 0.2) is 53.7 Å². The minimum atomic E-state index is -1.08. The van der Waals surface area contributed by atoms with E-state index in [0.717, 1.165) is 11.3 Å². The van der Waals surface area contributed by atoms with Gasteiger partial charge in [-0.15, -0.1) is 0 Å². The monoisotopic (exact) mass is 340 g/mol. The Hall–Kier alpha value is -3.02. The molecule has 1 N–H and O–H groups in total. The van der Waals surface area contributed by atoms with Gasteiger partial charge in [-0.05, 0) is 24.6 Å². The fraction of sp³-hybridized carbons (Fsp3) is 0.263. The van der Waals surface area contributed by atoms with E-state index >= 15 is 0 Å². The van der Waals surface area contributed by atoms with Crippen LogP contribution in [0.4, 0.5) is 5.69 Å². The number of rotatable bonds is 5. The van der Waals surface area contributed by atoms with Gasteiger partial charge in [-0.3, -0.25) is 4.79 Å². The van der Waals surface area contributed by atoms with Crippen molar-refractivity contribution in [3.63, 3.8) is 0 Å². The minimum Gasteiger partial charge on any atom is -0.497 e. The van der Waals surface area contributed by atoms with E-state index in [1.165, 1.54) is 0 Å². The predicted molar refractivity (Wildman–Crippen MR) is 95.3 cm³/mol. The average Bonchev–Trinajstić information content (AvgIpc) is 3.06. The summed E-state index contributed by atoms with van der Waals surface area (Å²) in [6, 6.07) is 14.9. The zero-order chi connectivity index (χ0) is 17.9. The van der Waals surface area contributed by atoms with Crippen molar-refractivity contribution in [1.82, 2.24) is 0 Å². The number of anilines is 1. The molecule has 1 aliphatic rings. The average molecular weight is 340 g/mol. The van der Waals surface area contributed by atoms with E-state index in [0.29, 0.717) is 23.6 Å². The van der Waals surface area contributed by atoms with Gasteiger partial charge in [0.1, 0.15) is 11.5 Å². The molecule has 0 saturated carbocycles. The minimum absolute atomic E-state index is 0.297. The first-order valence-electron chi connectivity index (χ1n) is 7.89. The molecule has 1 heterocycles. The lowest BCUT2D eigenvalue weighted by molar-refractivity contribution is -0.135. The van der Waals surface area contributed by atoms with Crippen LogP contribution >= 0.6 is 0 Å².